The summed E-state index contributed by atoms with van der Waals surface area (Å²) < 4.78 is 18.4. The van der Waals surface area contributed by atoms with Gasteiger partial charge in [-0.3, -0.25) is 4.79 Å². The molecule has 3 aromatic carbocycles. The topological polar surface area (TPSA) is 92.0 Å². The smallest absolute Gasteiger partial charge is 0.346 e. The highest BCUT2D eigenvalue weighted by Crippen LogP contribution is 2.42. The van der Waals surface area contributed by atoms with Crippen molar-refractivity contribution < 1.29 is 19.0 Å². The molecule has 0 aliphatic heterocycles. The van der Waals surface area contributed by atoms with Gasteiger partial charge >= 0.3 is 5.97 Å². The zero-order valence-electron chi connectivity index (χ0n) is 19.6. The summed E-state index contributed by atoms with van der Waals surface area (Å²) in [5.41, 5.74) is 1.62. The lowest BCUT2D eigenvalue weighted by Gasteiger charge is -2.18. The van der Waals surface area contributed by atoms with Crippen molar-refractivity contribution >= 4 is 54.9 Å². The summed E-state index contributed by atoms with van der Waals surface area (Å²) in [5.74, 6) is 0.551. The van der Waals surface area contributed by atoms with Crippen LogP contribution in [0.3, 0.4) is 0 Å². The molecular formula is C26H21Br2N3O5. The Balaban J connectivity index is 1.83. The average molecular weight is 615 g/mol. The van der Waals surface area contributed by atoms with Crippen LogP contribution >= 0.6 is 31.9 Å². The second-order valence-corrected chi connectivity index (χ2v) is 9.17. The van der Waals surface area contributed by atoms with E-state index in [9.17, 15) is 9.59 Å². The Hall–Kier alpha value is -3.50. The number of hydrogen-bond donors (Lipinski definition) is 0. The standard InChI is InChI=1S/C26H21Br2N3O5/c1-15(26(33)35-3)36-23-20(34-2)13-17(21(27)22(23)28)14-29-31-24(16-9-5-4-6-10-16)30-19-12-8-7-11-18(19)25(31)32/h4-15H,1-3H3/t15-/m1/s1. The summed E-state index contributed by atoms with van der Waals surface area (Å²) in [4.78, 5) is 29.9. The van der Waals surface area contributed by atoms with Gasteiger partial charge in [-0.05, 0) is 57.0 Å². The van der Waals surface area contributed by atoms with Gasteiger partial charge in [0.15, 0.2) is 23.4 Å². The van der Waals surface area contributed by atoms with E-state index in [-0.39, 0.29) is 5.56 Å². The molecular weight excluding hydrogens is 594 g/mol. The van der Waals surface area contributed by atoms with Gasteiger partial charge in [0.2, 0.25) is 0 Å². The van der Waals surface area contributed by atoms with E-state index in [1.54, 1.807) is 31.2 Å². The molecule has 0 fully saturated rings. The highest BCUT2D eigenvalue weighted by molar-refractivity contribution is 9.13. The van der Waals surface area contributed by atoms with Crippen LogP contribution in [0, 0.1) is 0 Å². The predicted octanol–water partition coefficient (Wildman–Crippen LogP) is 5.42. The van der Waals surface area contributed by atoms with Crippen LogP contribution in [0.15, 0.2) is 79.5 Å². The van der Waals surface area contributed by atoms with Crippen molar-refractivity contribution in [2.75, 3.05) is 14.2 Å². The van der Waals surface area contributed by atoms with Gasteiger partial charge in [-0.1, -0.05) is 42.5 Å². The maximum absolute atomic E-state index is 13.4. The van der Waals surface area contributed by atoms with Crippen molar-refractivity contribution in [2.45, 2.75) is 13.0 Å². The molecule has 0 aliphatic rings. The molecule has 0 N–H and O–H groups in total. The summed E-state index contributed by atoms with van der Waals surface area (Å²) in [7, 11) is 2.77. The third-order valence-electron chi connectivity index (χ3n) is 5.30. The molecule has 0 spiro atoms. The number of carbonyl (C=O) groups excluding carboxylic acids is 1. The number of benzene rings is 3. The minimum Gasteiger partial charge on any atom is -0.493 e. The van der Waals surface area contributed by atoms with Gasteiger partial charge in [-0.15, -0.1) is 0 Å². The van der Waals surface area contributed by atoms with Gasteiger partial charge < -0.3 is 14.2 Å². The van der Waals surface area contributed by atoms with Crippen LogP contribution in [0.2, 0.25) is 0 Å². The highest BCUT2D eigenvalue weighted by Gasteiger charge is 2.22. The maximum atomic E-state index is 13.4. The predicted molar refractivity (Wildman–Crippen MR) is 145 cm³/mol. The minimum absolute atomic E-state index is 0.301. The highest BCUT2D eigenvalue weighted by atomic mass is 79.9. The number of nitrogens with zero attached hydrogens (tertiary/aromatic N) is 3. The minimum atomic E-state index is -0.859. The second kappa shape index (κ2) is 11.0. The molecule has 0 saturated heterocycles. The normalized spacial score (nSPS) is 12.0. The third kappa shape index (κ3) is 5.05. The lowest BCUT2D eigenvalue weighted by atomic mass is 10.2. The van der Waals surface area contributed by atoms with Gasteiger partial charge in [-0.2, -0.15) is 9.78 Å². The first-order valence-electron chi connectivity index (χ1n) is 10.8. The largest absolute Gasteiger partial charge is 0.493 e. The summed E-state index contributed by atoms with van der Waals surface area (Å²) in [5, 5.41) is 4.96. The molecule has 0 bridgehead atoms. The van der Waals surface area contributed by atoms with Gasteiger partial charge in [-0.25, -0.2) is 9.78 Å². The van der Waals surface area contributed by atoms with Crippen molar-refractivity contribution in [3.63, 3.8) is 0 Å². The molecule has 1 heterocycles. The van der Waals surface area contributed by atoms with Crippen LogP contribution in [0.1, 0.15) is 12.5 Å². The molecule has 0 saturated carbocycles. The lowest BCUT2D eigenvalue weighted by Crippen LogP contribution is -2.25. The first-order chi connectivity index (χ1) is 17.3. The van der Waals surface area contributed by atoms with Crippen LogP contribution in [0.25, 0.3) is 22.3 Å². The molecule has 8 nitrogen and oxygen atoms in total. The Morgan fingerprint density at radius 1 is 1.06 bits per heavy atom. The van der Waals surface area contributed by atoms with Crippen molar-refractivity contribution in [1.29, 1.82) is 0 Å². The van der Waals surface area contributed by atoms with Crippen LogP contribution in [0.5, 0.6) is 11.5 Å². The molecule has 0 unspecified atom stereocenters. The number of ether oxygens (including phenoxy) is 3. The molecule has 0 radical (unpaired) electrons. The van der Waals surface area contributed by atoms with E-state index in [4.69, 9.17) is 19.2 Å². The maximum Gasteiger partial charge on any atom is 0.346 e. The molecule has 0 aliphatic carbocycles. The summed E-state index contributed by atoms with van der Waals surface area (Å²) >= 11 is 7.04. The van der Waals surface area contributed by atoms with Gasteiger partial charge in [0.25, 0.3) is 5.56 Å². The van der Waals surface area contributed by atoms with Crippen molar-refractivity contribution in [3.05, 3.63) is 85.5 Å². The molecule has 4 aromatic rings. The summed E-state index contributed by atoms with van der Waals surface area (Å²) in [6.07, 6.45) is 0.664. The van der Waals surface area contributed by atoms with Gasteiger partial charge in [0, 0.05) is 15.6 Å². The quantitative estimate of drug-likeness (QED) is 0.204. The van der Waals surface area contributed by atoms with Crippen LogP contribution in [-0.4, -0.2) is 42.2 Å². The number of para-hydroxylation sites is 1. The number of halogens is 2. The van der Waals surface area contributed by atoms with E-state index in [1.807, 2.05) is 36.4 Å². The number of fused-ring (bicyclic) bond motifs is 1. The molecule has 1 aromatic heterocycles. The number of rotatable bonds is 7. The fourth-order valence-electron chi connectivity index (χ4n) is 3.48. The van der Waals surface area contributed by atoms with E-state index < -0.39 is 12.1 Å². The molecule has 0 amide bonds. The summed E-state index contributed by atoms with van der Waals surface area (Å²) in [6.45, 7) is 1.57. The van der Waals surface area contributed by atoms with Crippen LogP contribution < -0.4 is 15.0 Å². The van der Waals surface area contributed by atoms with E-state index in [0.717, 1.165) is 5.56 Å². The lowest BCUT2D eigenvalue weighted by molar-refractivity contribution is -0.147. The van der Waals surface area contributed by atoms with E-state index in [0.29, 0.717) is 42.7 Å². The Bertz CT molecular complexity index is 1520. The number of esters is 1. The molecule has 184 valence electrons. The fraction of sp³-hybridized carbons (Fsp3) is 0.154. The molecule has 1 atom stereocenters. The number of carbonyl (C=O) groups is 1. The zero-order valence-corrected chi connectivity index (χ0v) is 22.7. The van der Waals surface area contributed by atoms with E-state index in [1.165, 1.54) is 25.1 Å². The molecule has 4 rings (SSSR count). The molecule has 36 heavy (non-hydrogen) atoms. The Labute approximate surface area is 223 Å². The van der Waals surface area contributed by atoms with Crippen LogP contribution in [-0.2, 0) is 9.53 Å². The third-order valence-corrected chi connectivity index (χ3v) is 7.44. The number of aromatic nitrogens is 2. The first kappa shape index (κ1) is 25.6. The number of hydrogen-bond acceptors (Lipinski definition) is 7. The van der Waals surface area contributed by atoms with Gasteiger partial charge in [0.05, 0.1) is 35.8 Å². The average Bonchev–Trinajstić information content (AvgIpc) is 2.91. The molecule has 10 heteroatoms. The van der Waals surface area contributed by atoms with E-state index >= 15 is 0 Å². The Kier molecular flexibility index (Phi) is 7.85. The SMILES string of the molecule is COC(=O)[C@@H](C)Oc1c(OC)cc(C=Nn2c(-c3ccccc3)nc3ccccc3c2=O)c(Br)c1Br. The zero-order chi connectivity index (χ0) is 25.8. The Morgan fingerprint density at radius 2 is 1.75 bits per heavy atom. The van der Waals surface area contributed by atoms with Crippen molar-refractivity contribution in [2.24, 2.45) is 5.10 Å². The first-order valence-corrected chi connectivity index (χ1v) is 12.4. The van der Waals surface area contributed by atoms with Crippen molar-refractivity contribution in [3.8, 4) is 22.9 Å². The Morgan fingerprint density at radius 3 is 2.44 bits per heavy atom. The van der Waals surface area contributed by atoms with E-state index in [2.05, 4.69) is 37.0 Å². The number of methoxy groups -OCH3 is 2. The van der Waals surface area contributed by atoms with Crippen molar-refractivity contribution in [1.82, 2.24) is 9.66 Å². The van der Waals surface area contributed by atoms with Crippen LogP contribution in [0.4, 0.5) is 0 Å². The monoisotopic (exact) mass is 613 g/mol. The fourth-order valence-corrected chi connectivity index (χ4v) is 4.39. The summed E-state index contributed by atoms with van der Waals surface area (Å²) in [6, 6.07) is 18.2. The van der Waals surface area contributed by atoms with Gasteiger partial charge in [0.1, 0.15) is 0 Å². The second-order valence-electron chi connectivity index (χ2n) is 7.59.